The van der Waals surface area contributed by atoms with E-state index in [4.69, 9.17) is 10.3 Å². The highest BCUT2D eigenvalue weighted by Crippen LogP contribution is 2.41. The van der Waals surface area contributed by atoms with Crippen molar-refractivity contribution in [1.29, 1.82) is 0 Å². The molecule has 3 aromatic rings. The molecule has 0 amide bonds. The van der Waals surface area contributed by atoms with Crippen LogP contribution in [0.15, 0.2) is 55.5 Å². The van der Waals surface area contributed by atoms with Gasteiger partial charge in [0.2, 0.25) is 0 Å². The fraction of sp³-hybridized carbons (Fsp3) is 0.273. The molecule has 0 fully saturated rings. The van der Waals surface area contributed by atoms with E-state index < -0.39 is 12.1 Å². The molecule has 0 atom stereocenters. The van der Waals surface area contributed by atoms with Crippen LogP contribution in [0.5, 0.6) is 5.75 Å². The molecule has 0 saturated carbocycles. The monoisotopic (exact) mass is 465 g/mol. The number of nitrogens with one attached hydrogen (secondary N) is 1. The maximum atomic E-state index is 12.5. The summed E-state index contributed by atoms with van der Waals surface area (Å²) in [5, 5.41) is 5.84. The lowest BCUT2D eigenvalue weighted by Gasteiger charge is -2.18. The van der Waals surface area contributed by atoms with Crippen molar-refractivity contribution >= 4 is 11.8 Å². The molecule has 0 unspecified atom stereocenters. The smallest absolute Gasteiger partial charge is 0.406 e. The zero-order valence-corrected chi connectivity index (χ0v) is 18.5. The normalized spacial score (nSPS) is 12.3. The number of benzene rings is 2. The molecule has 2 aromatic carbocycles. The van der Waals surface area contributed by atoms with Crippen LogP contribution in [0, 0.1) is 6.92 Å². The van der Waals surface area contributed by atoms with Gasteiger partial charge in [0.1, 0.15) is 5.75 Å². The Morgan fingerprint density at radius 3 is 2.53 bits per heavy atom. The van der Waals surface area contributed by atoms with Crippen molar-refractivity contribution < 1.29 is 22.4 Å². The summed E-state index contributed by atoms with van der Waals surface area (Å²) in [5.74, 6) is -0.712. The zero-order chi connectivity index (χ0) is 23.5. The van der Waals surface area contributed by atoms with E-state index in [1.807, 2.05) is 32.2 Å². The Bertz CT molecular complexity index is 1180. The minimum Gasteiger partial charge on any atom is -0.406 e. The number of hydrogen-bond donors (Lipinski definition) is 2. The lowest BCUT2D eigenvalue weighted by Crippen LogP contribution is -2.16. The van der Waals surface area contributed by atoms with Crippen LogP contribution in [0.3, 0.4) is 0 Å². The SMILES string of the molecule is CC/C(C)=C/Sc1c(C)c(-c2ccc(OC(F)(F)F)cc2)cc(CN)c1-c1noc(=O)[nH]1. The van der Waals surface area contributed by atoms with E-state index in [0.29, 0.717) is 16.7 Å². The second kappa shape index (κ2) is 9.66. The van der Waals surface area contributed by atoms with Crippen molar-refractivity contribution in [1.82, 2.24) is 10.1 Å². The van der Waals surface area contributed by atoms with Crippen molar-refractivity contribution in [3.05, 3.63) is 63.0 Å². The molecule has 10 heteroatoms. The summed E-state index contributed by atoms with van der Waals surface area (Å²) in [6, 6.07) is 7.49. The molecular weight excluding hydrogens is 443 g/mol. The van der Waals surface area contributed by atoms with Crippen molar-refractivity contribution in [2.45, 2.75) is 45.0 Å². The third kappa shape index (κ3) is 5.43. The highest BCUT2D eigenvalue weighted by Gasteiger charge is 2.31. The molecule has 0 aliphatic rings. The lowest BCUT2D eigenvalue weighted by molar-refractivity contribution is -0.274. The predicted molar refractivity (Wildman–Crippen MR) is 117 cm³/mol. The van der Waals surface area contributed by atoms with Gasteiger partial charge in [0.05, 0.1) is 0 Å². The average molecular weight is 465 g/mol. The fourth-order valence-electron chi connectivity index (χ4n) is 3.09. The molecule has 0 radical (unpaired) electrons. The van der Waals surface area contributed by atoms with Gasteiger partial charge in [-0.1, -0.05) is 41.5 Å². The summed E-state index contributed by atoms with van der Waals surface area (Å²) in [4.78, 5) is 15.0. The van der Waals surface area contributed by atoms with E-state index >= 15 is 0 Å². The van der Waals surface area contributed by atoms with Crippen molar-refractivity contribution in [2.75, 3.05) is 0 Å². The first-order valence-electron chi connectivity index (χ1n) is 9.74. The van der Waals surface area contributed by atoms with Crippen molar-refractivity contribution in [3.8, 4) is 28.3 Å². The fourth-order valence-corrected chi connectivity index (χ4v) is 4.21. The first-order valence-corrected chi connectivity index (χ1v) is 10.6. The van der Waals surface area contributed by atoms with Crippen LogP contribution >= 0.6 is 11.8 Å². The minimum absolute atomic E-state index is 0.150. The van der Waals surface area contributed by atoms with E-state index in [1.54, 1.807) is 12.1 Å². The average Bonchev–Trinajstić information content (AvgIpc) is 3.17. The van der Waals surface area contributed by atoms with Gasteiger partial charge in [0.25, 0.3) is 0 Å². The number of H-pyrrole nitrogens is 1. The third-order valence-corrected chi connectivity index (χ3v) is 6.11. The lowest BCUT2D eigenvalue weighted by atomic mass is 9.93. The number of allylic oxidation sites excluding steroid dienone is 1. The van der Waals surface area contributed by atoms with E-state index in [2.05, 4.69) is 14.9 Å². The molecule has 170 valence electrons. The van der Waals surface area contributed by atoms with Crippen molar-refractivity contribution in [2.24, 2.45) is 5.73 Å². The van der Waals surface area contributed by atoms with Crippen LogP contribution in [0.4, 0.5) is 13.2 Å². The Hall–Kier alpha value is -2.98. The Morgan fingerprint density at radius 1 is 1.31 bits per heavy atom. The largest absolute Gasteiger partial charge is 0.573 e. The number of nitrogens with zero attached hydrogens (tertiary/aromatic N) is 1. The summed E-state index contributed by atoms with van der Waals surface area (Å²) < 4.78 is 46.1. The standard InChI is InChI=1S/C22H22F3N3O3S/c1-4-12(2)11-32-19-13(3)17(14-5-7-16(8-6-14)30-22(23,24)25)9-15(10-26)18(19)20-27-21(29)31-28-20/h5-9,11H,4,10,26H2,1-3H3,(H,27,28,29)/b12-11+. The van der Waals surface area contributed by atoms with Crippen LogP contribution < -0.4 is 16.2 Å². The molecule has 1 aromatic heterocycles. The number of nitrogens with two attached hydrogens (primary N) is 1. The van der Waals surface area contributed by atoms with Crippen LogP contribution in [-0.4, -0.2) is 16.5 Å². The molecular formula is C22H22F3N3O3S. The minimum atomic E-state index is -4.76. The summed E-state index contributed by atoms with van der Waals surface area (Å²) in [5.41, 5.74) is 10.9. The van der Waals surface area contributed by atoms with Crippen molar-refractivity contribution in [3.63, 3.8) is 0 Å². The number of alkyl halides is 3. The first kappa shape index (κ1) is 23.7. The number of aromatic amines is 1. The molecule has 0 spiro atoms. The molecule has 6 nitrogen and oxygen atoms in total. The number of hydrogen-bond acceptors (Lipinski definition) is 6. The molecule has 3 rings (SSSR count). The number of halogens is 3. The second-order valence-electron chi connectivity index (χ2n) is 7.07. The first-order chi connectivity index (χ1) is 15.1. The Morgan fingerprint density at radius 2 is 2.00 bits per heavy atom. The van der Waals surface area contributed by atoms with Crippen LogP contribution in [0.25, 0.3) is 22.5 Å². The van der Waals surface area contributed by atoms with E-state index in [0.717, 1.165) is 28.0 Å². The number of rotatable bonds is 7. The molecule has 0 aliphatic heterocycles. The maximum Gasteiger partial charge on any atom is 0.573 e. The van der Waals surface area contributed by atoms with Gasteiger partial charge < -0.3 is 10.5 Å². The van der Waals surface area contributed by atoms with Gasteiger partial charge in [0.15, 0.2) is 5.82 Å². The van der Waals surface area contributed by atoms with Gasteiger partial charge in [0, 0.05) is 17.0 Å². The van der Waals surface area contributed by atoms with E-state index in [9.17, 15) is 18.0 Å². The van der Waals surface area contributed by atoms with Gasteiger partial charge in [-0.05, 0) is 66.1 Å². The van der Waals surface area contributed by atoms with E-state index in [-0.39, 0.29) is 18.1 Å². The molecule has 3 N–H and O–H groups in total. The Labute approximate surface area is 186 Å². The Kier molecular flexibility index (Phi) is 7.15. The molecule has 0 saturated heterocycles. The summed E-state index contributed by atoms with van der Waals surface area (Å²) in [6.45, 7) is 6.10. The van der Waals surface area contributed by atoms with Crippen LogP contribution in [0.1, 0.15) is 31.4 Å². The Balaban J connectivity index is 2.17. The van der Waals surface area contributed by atoms with Gasteiger partial charge in [-0.2, -0.15) is 0 Å². The van der Waals surface area contributed by atoms with E-state index in [1.165, 1.54) is 23.9 Å². The molecule has 0 aliphatic carbocycles. The maximum absolute atomic E-state index is 12.5. The van der Waals surface area contributed by atoms with Gasteiger partial charge in [-0.3, -0.25) is 9.51 Å². The third-order valence-electron chi connectivity index (χ3n) is 4.84. The number of aromatic nitrogens is 2. The summed E-state index contributed by atoms with van der Waals surface area (Å²) in [7, 11) is 0. The number of thioether (sulfide) groups is 1. The summed E-state index contributed by atoms with van der Waals surface area (Å²) >= 11 is 1.47. The molecule has 0 bridgehead atoms. The number of ether oxygens (including phenoxy) is 1. The zero-order valence-electron chi connectivity index (χ0n) is 17.7. The summed E-state index contributed by atoms with van der Waals surface area (Å²) in [6.07, 6.45) is -3.89. The topological polar surface area (TPSA) is 94.1 Å². The second-order valence-corrected chi connectivity index (χ2v) is 7.95. The van der Waals surface area contributed by atoms with Gasteiger partial charge in [-0.15, -0.1) is 13.2 Å². The molecule has 1 heterocycles. The highest BCUT2D eigenvalue weighted by atomic mass is 32.2. The van der Waals surface area contributed by atoms with Crippen LogP contribution in [0.2, 0.25) is 0 Å². The quantitative estimate of drug-likeness (QED) is 0.430. The predicted octanol–water partition coefficient (Wildman–Crippen LogP) is 5.77. The van der Waals surface area contributed by atoms with Gasteiger partial charge >= 0.3 is 12.1 Å². The van der Waals surface area contributed by atoms with Crippen LogP contribution in [-0.2, 0) is 6.54 Å². The van der Waals surface area contributed by atoms with Gasteiger partial charge in [-0.25, -0.2) is 4.79 Å². The molecule has 32 heavy (non-hydrogen) atoms. The highest BCUT2D eigenvalue weighted by molar-refractivity contribution is 8.02.